The Kier molecular flexibility index (Phi) is 7.02. The lowest BCUT2D eigenvalue weighted by Crippen LogP contribution is -2.54. The Balaban J connectivity index is 1.24. The predicted molar refractivity (Wildman–Crippen MR) is 125 cm³/mol. The molecule has 1 fully saturated rings. The van der Waals surface area contributed by atoms with Crippen LogP contribution in [0.3, 0.4) is 0 Å². The second kappa shape index (κ2) is 10.1. The first-order valence-electron chi connectivity index (χ1n) is 10.9. The number of carbonyl (C=O) groups excluding carboxylic acids is 2. The third-order valence-electron chi connectivity index (χ3n) is 5.76. The van der Waals surface area contributed by atoms with Crippen LogP contribution in [0, 0.1) is 0 Å². The molecule has 0 radical (unpaired) electrons. The Morgan fingerprint density at radius 2 is 1.72 bits per heavy atom. The standard InChI is InChI=1S/C24H28N4O3S/c1-17(25-24(30)31-16-19-8-4-3-5-9-19)23(29)28-14-12-27(13-15-28)18(2)22-26-20-10-6-7-11-21(20)32-22/h3-11,17-18H,12-16H2,1-2H3,(H,25,30)/t17-,18-/m1/s1. The molecule has 1 N–H and O–H groups in total. The van der Waals surface area contributed by atoms with Gasteiger partial charge in [0.1, 0.15) is 17.7 Å². The molecule has 0 aliphatic carbocycles. The zero-order valence-electron chi connectivity index (χ0n) is 18.4. The Hall–Kier alpha value is -2.97. The van der Waals surface area contributed by atoms with Gasteiger partial charge in [0.2, 0.25) is 5.91 Å². The molecule has 1 aliphatic heterocycles. The molecule has 3 aromatic rings. The van der Waals surface area contributed by atoms with Crippen molar-refractivity contribution in [2.45, 2.75) is 32.5 Å². The summed E-state index contributed by atoms with van der Waals surface area (Å²) in [5.74, 6) is -0.0889. The number of piperazine rings is 1. The molecule has 2 atom stereocenters. The van der Waals surface area contributed by atoms with Crippen LogP contribution in [0.1, 0.15) is 30.5 Å². The summed E-state index contributed by atoms with van der Waals surface area (Å²) in [5, 5.41) is 3.75. The molecule has 0 unspecified atom stereocenters. The maximum Gasteiger partial charge on any atom is 0.408 e. The lowest BCUT2D eigenvalue weighted by atomic mass is 10.2. The summed E-state index contributed by atoms with van der Waals surface area (Å²) >= 11 is 1.73. The monoisotopic (exact) mass is 452 g/mol. The zero-order chi connectivity index (χ0) is 22.5. The normalized spacial score (nSPS) is 16.5. The molecule has 2 aromatic carbocycles. The van der Waals surface area contributed by atoms with E-state index in [0.29, 0.717) is 13.1 Å². The third-order valence-corrected chi connectivity index (χ3v) is 6.97. The number of nitrogens with one attached hydrogen (secondary N) is 1. The van der Waals surface area contributed by atoms with Gasteiger partial charge in [0.15, 0.2) is 0 Å². The van der Waals surface area contributed by atoms with Crippen LogP contribution in [-0.4, -0.2) is 59.0 Å². The molecule has 1 aromatic heterocycles. The molecule has 8 heteroatoms. The summed E-state index contributed by atoms with van der Waals surface area (Å²) in [5.41, 5.74) is 1.94. The summed E-state index contributed by atoms with van der Waals surface area (Å²) in [6.45, 7) is 6.83. The van der Waals surface area contributed by atoms with Crippen molar-refractivity contribution in [1.29, 1.82) is 0 Å². The Bertz CT molecular complexity index is 1030. The number of ether oxygens (including phenoxy) is 1. The van der Waals surface area contributed by atoms with Crippen LogP contribution in [0.15, 0.2) is 54.6 Å². The molecule has 2 heterocycles. The van der Waals surface area contributed by atoms with Crippen molar-refractivity contribution in [1.82, 2.24) is 20.1 Å². The first-order valence-corrected chi connectivity index (χ1v) is 11.7. The van der Waals surface area contributed by atoms with Crippen molar-refractivity contribution < 1.29 is 14.3 Å². The molecule has 2 amide bonds. The van der Waals surface area contributed by atoms with Gasteiger partial charge in [-0.05, 0) is 31.5 Å². The predicted octanol–water partition coefficient (Wildman–Crippen LogP) is 3.82. The summed E-state index contributed by atoms with van der Waals surface area (Å²) < 4.78 is 6.42. The van der Waals surface area contributed by atoms with E-state index in [2.05, 4.69) is 23.2 Å². The fourth-order valence-corrected chi connectivity index (χ4v) is 4.89. The minimum Gasteiger partial charge on any atom is -0.445 e. The second-order valence-electron chi connectivity index (χ2n) is 7.98. The Morgan fingerprint density at radius 3 is 2.44 bits per heavy atom. The maximum absolute atomic E-state index is 12.8. The molecule has 1 aliphatic rings. The number of thiazole rings is 1. The van der Waals surface area contributed by atoms with E-state index in [9.17, 15) is 9.59 Å². The Morgan fingerprint density at radius 1 is 1.03 bits per heavy atom. The SMILES string of the molecule is C[C@H](c1nc2ccccc2s1)N1CCN(C(=O)[C@@H](C)NC(=O)OCc2ccccc2)CC1. The van der Waals surface area contributed by atoms with Gasteiger partial charge in [0.05, 0.1) is 16.3 Å². The topological polar surface area (TPSA) is 74.8 Å². The van der Waals surface area contributed by atoms with E-state index in [0.717, 1.165) is 29.2 Å². The lowest BCUT2D eigenvalue weighted by Gasteiger charge is -2.38. The highest BCUT2D eigenvalue weighted by atomic mass is 32.1. The van der Waals surface area contributed by atoms with Crippen LogP contribution in [0.2, 0.25) is 0 Å². The lowest BCUT2D eigenvalue weighted by molar-refractivity contribution is -0.135. The average molecular weight is 453 g/mol. The number of benzene rings is 2. The van der Waals surface area contributed by atoms with Crippen molar-refractivity contribution in [3.63, 3.8) is 0 Å². The van der Waals surface area contributed by atoms with Crippen LogP contribution in [0.4, 0.5) is 4.79 Å². The van der Waals surface area contributed by atoms with Gasteiger partial charge in [0.25, 0.3) is 0 Å². The van der Waals surface area contributed by atoms with Gasteiger partial charge in [-0.15, -0.1) is 11.3 Å². The van der Waals surface area contributed by atoms with Crippen LogP contribution < -0.4 is 5.32 Å². The molecule has 168 valence electrons. The number of amides is 2. The molecule has 0 saturated carbocycles. The molecule has 0 bridgehead atoms. The number of fused-ring (bicyclic) bond motifs is 1. The van der Waals surface area contributed by atoms with Crippen molar-refractivity contribution >= 4 is 33.6 Å². The van der Waals surface area contributed by atoms with Gasteiger partial charge >= 0.3 is 6.09 Å². The highest BCUT2D eigenvalue weighted by Crippen LogP contribution is 2.29. The van der Waals surface area contributed by atoms with Crippen LogP contribution in [-0.2, 0) is 16.1 Å². The van der Waals surface area contributed by atoms with Gasteiger partial charge < -0.3 is 15.0 Å². The number of hydrogen-bond donors (Lipinski definition) is 1. The number of rotatable bonds is 6. The highest BCUT2D eigenvalue weighted by molar-refractivity contribution is 7.18. The summed E-state index contributed by atoms with van der Waals surface area (Å²) in [7, 11) is 0. The van der Waals surface area contributed by atoms with Crippen LogP contribution in [0.5, 0.6) is 0 Å². The number of para-hydroxylation sites is 1. The molecular weight excluding hydrogens is 424 g/mol. The molecule has 4 rings (SSSR count). The molecule has 32 heavy (non-hydrogen) atoms. The smallest absolute Gasteiger partial charge is 0.408 e. The average Bonchev–Trinajstić information content (AvgIpc) is 3.27. The second-order valence-corrected chi connectivity index (χ2v) is 9.05. The van der Waals surface area contributed by atoms with Gasteiger partial charge in [-0.3, -0.25) is 9.69 Å². The van der Waals surface area contributed by atoms with Gasteiger partial charge in [0, 0.05) is 26.2 Å². The van der Waals surface area contributed by atoms with Crippen molar-refractivity contribution in [3.05, 3.63) is 65.2 Å². The van der Waals surface area contributed by atoms with E-state index in [1.807, 2.05) is 53.4 Å². The van der Waals surface area contributed by atoms with E-state index < -0.39 is 12.1 Å². The quantitative estimate of drug-likeness (QED) is 0.616. The largest absolute Gasteiger partial charge is 0.445 e. The number of nitrogens with zero attached hydrogens (tertiary/aromatic N) is 3. The summed E-state index contributed by atoms with van der Waals surface area (Å²) in [6, 6.07) is 17.2. The third kappa shape index (κ3) is 5.26. The minimum atomic E-state index is -0.633. The minimum absolute atomic E-state index is 0.0889. The number of aromatic nitrogens is 1. The number of hydrogen-bond acceptors (Lipinski definition) is 6. The van der Waals surface area contributed by atoms with Crippen molar-refractivity contribution in [2.75, 3.05) is 26.2 Å². The Labute approximate surface area is 192 Å². The van der Waals surface area contributed by atoms with Crippen LogP contribution in [0.25, 0.3) is 10.2 Å². The highest BCUT2D eigenvalue weighted by Gasteiger charge is 2.29. The molecule has 1 saturated heterocycles. The fourth-order valence-electron chi connectivity index (χ4n) is 3.83. The molecular formula is C24H28N4O3S. The van der Waals surface area contributed by atoms with Gasteiger partial charge in [-0.2, -0.15) is 0 Å². The van der Waals surface area contributed by atoms with Crippen LogP contribution >= 0.6 is 11.3 Å². The van der Waals surface area contributed by atoms with Gasteiger partial charge in [-0.1, -0.05) is 42.5 Å². The maximum atomic E-state index is 12.8. The van der Waals surface area contributed by atoms with E-state index in [4.69, 9.17) is 9.72 Å². The summed E-state index contributed by atoms with van der Waals surface area (Å²) in [4.78, 5) is 33.8. The molecule has 0 spiro atoms. The van der Waals surface area contributed by atoms with Gasteiger partial charge in [-0.25, -0.2) is 9.78 Å². The van der Waals surface area contributed by atoms with E-state index in [1.165, 1.54) is 4.70 Å². The molecule has 7 nitrogen and oxygen atoms in total. The fraction of sp³-hybridized carbons (Fsp3) is 0.375. The first kappa shape index (κ1) is 22.2. The van der Waals surface area contributed by atoms with Crippen molar-refractivity contribution in [2.24, 2.45) is 0 Å². The first-order chi connectivity index (χ1) is 15.5. The summed E-state index contributed by atoms with van der Waals surface area (Å²) in [6.07, 6.45) is -0.585. The van der Waals surface area contributed by atoms with Crippen molar-refractivity contribution in [3.8, 4) is 0 Å². The number of carbonyl (C=O) groups is 2. The van der Waals surface area contributed by atoms with E-state index in [1.54, 1.807) is 18.3 Å². The number of alkyl carbamates (subject to hydrolysis) is 1. The zero-order valence-corrected chi connectivity index (χ0v) is 19.2. The van der Waals surface area contributed by atoms with E-state index >= 15 is 0 Å². The van der Waals surface area contributed by atoms with E-state index in [-0.39, 0.29) is 18.6 Å².